The summed E-state index contributed by atoms with van der Waals surface area (Å²) in [6.07, 6.45) is 3.45. The van der Waals surface area contributed by atoms with Gasteiger partial charge in [0.15, 0.2) is 5.96 Å². The van der Waals surface area contributed by atoms with Crippen LogP contribution in [0.2, 0.25) is 0 Å². The number of nitrogens with zero attached hydrogens (tertiary/aromatic N) is 1. The first-order chi connectivity index (χ1) is 14.2. The third-order valence-electron chi connectivity index (χ3n) is 5.28. The van der Waals surface area contributed by atoms with E-state index in [1.54, 1.807) is 0 Å². The topological polar surface area (TPSA) is 81.3 Å². The molecule has 0 bridgehead atoms. The molecule has 1 atom stereocenters. The van der Waals surface area contributed by atoms with Gasteiger partial charge in [-0.3, -0.25) is 9.79 Å². The van der Waals surface area contributed by atoms with Gasteiger partial charge in [0.05, 0.1) is 6.54 Å². The number of H-pyrrole nitrogens is 1. The molecule has 1 amide bonds. The molecule has 0 spiro atoms. The van der Waals surface area contributed by atoms with Crippen LogP contribution in [0.4, 0.5) is 5.69 Å². The zero-order valence-electron chi connectivity index (χ0n) is 17.1. The van der Waals surface area contributed by atoms with Crippen LogP contribution in [0.25, 0.3) is 10.9 Å². The predicted molar refractivity (Wildman–Crippen MR) is 134 cm³/mol. The number of hydrogen-bond acceptors (Lipinski definition) is 2. The Morgan fingerprint density at radius 1 is 1.13 bits per heavy atom. The smallest absolute Gasteiger partial charge is 0.225 e. The predicted octanol–water partition coefficient (Wildman–Crippen LogP) is 4.01. The van der Waals surface area contributed by atoms with E-state index in [9.17, 15) is 4.79 Å². The van der Waals surface area contributed by atoms with Crippen LogP contribution >= 0.6 is 24.0 Å². The molecule has 1 aliphatic heterocycles. The summed E-state index contributed by atoms with van der Waals surface area (Å²) in [6.45, 7) is 4.21. The first-order valence-electron chi connectivity index (χ1n) is 10.2. The second kappa shape index (κ2) is 10.5. The Morgan fingerprint density at radius 3 is 2.80 bits per heavy atom. The molecule has 0 fully saturated rings. The maximum atomic E-state index is 12.0. The molecule has 0 saturated carbocycles. The number of carbonyl (C=O) groups excluding carboxylic acids is 1. The van der Waals surface area contributed by atoms with Crippen LogP contribution in [-0.2, 0) is 11.2 Å². The van der Waals surface area contributed by atoms with Crippen molar-refractivity contribution >= 4 is 52.4 Å². The Labute approximate surface area is 194 Å². The van der Waals surface area contributed by atoms with Crippen LogP contribution in [0.3, 0.4) is 0 Å². The molecule has 3 aromatic rings. The van der Waals surface area contributed by atoms with Gasteiger partial charge in [0.2, 0.25) is 5.91 Å². The van der Waals surface area contributed by atoms with Gasteiger partial charge in [0.1, 0.15) is 0 Å². The lowest BCUT2D eigenvalue weighted by atomic mass is 9.91. The standard InChI is InChI=1S/C23H27N5O.HI/c1-2-24-23(25-12-11-16-14-26-20-9-5-3-7-18(16)20)27-15-17-13-22(29)28-21-10-6-4-8-19(17)21;/h3-10,14,17,26H,2,11-13,15H2,1H3,(H,28,29)(H2,24,25,27);1H. The normalized spacial score (nSPS) is 15.8. The van der Waals surface area contributed by atoms with Gasteiger partial charge in [-0.15, -0.1) is 24.0 Å². The van der Waals surface area contributed by atoms with E-state index in [4.69, 9.17) is 4.99 Å². The van der Waals surface area contributed by atoms with Crippen molar-refractivity contribution in [1.29, 1.82) is 0 Å². The zero-order chi connectivity index (χ0) is 20.1. The molecule has 1 unspecified atom stereocenters. The number of rotatable bonds is 6. The number of aromatic nitrogens is 1. The maximum absolute atomic E-state index is 12.0. The highest BCUT2D eigenvalue weighted by atomic mass is 127. The molecule has 6 nitrogen and oxygen atoms in total. The van der Waals surface area contributed by atoms with Gasteiger partial charge in [0, 0.05) is 48.2 Å². The molecule has 0 radical (unpaired) electrons. The molecule has 0 saturated heterocycles. The third-order valence-corrected chi connectivity index (χ3v) is 5.28. The van der Waals surface area contributed by atoms with Crippen molar-refractivity contribution in [2.45, 2.75) is 25.7 Å². The quantitative estimate of drug-likeness (QED) is 0.227. The fraction of sp³-hybridized carbons (Fsp3) is 0.304. The van der Waals surface area contributed by atoms with E-state index in [2.05, 4.69) is 58.3 Å². The van der Waals surface area contributed by atoms with Crippen LogP contribution in [0.5, 0.6) is 0 Å². The van der Waals surface area contributed by atoms with Crippen LogP contribution in [0.1, 0.15) is 30.4 Å². The number of aromatic amines is 1. The van der Waals surface area contributed by atoms with E-state index < -0.39 is 0 Å². The average molecular weight is 517 g/mol. The minimum absolute atomic E-state index is 0. The van der Waals surface area contributed by atoms with Crippen molar-refractivity contribution < 1.29 is 4.79 Å². The zero-order valence-corrected chi connectivity index (χ0v) is 19.4. The number of hydrogen-bond donors (Lipinski definition) is 4. The van der Waals surface area contributed by atoms with Crippen molar-refractivity contribution in [3.05, 3.63) is 65.9 Å². The SMILES string of the molecule is CCNC(=NCC1CC(=O)Nc2ccccc21)NCCc1c[nH]c2ccccc12.I. The summed E-state index contributed by atoms with van der Waals surface area (Å²) in [4.78, 5) is 20.1. The van der Waals surface area contributed by atoms with Gasteiger partial charge in [-0.05, 0) is 36.6 Å². The number of amides is 1. The molecule has 2 heterocycles. The molecular formula is C23H28IN5O. The molecule has 2 aromatic carbocycles. The lowest BCUT2D eigenvalue weighted by Gasteiger charge is -2.24. The minimum Gasteiger partial charge on any atom is -0.361 e. The Hall–Kier alpha value is -2.55. The molecule has 4 rings (SSSR count). The van der Waals surface area contributed by atoms with Crippen molar-refractivity contribution in [3.8, 4) is 0 Å². The number of halogens is 1. The van der Waals surface area contributed by atoms with Gasteiger partial charge in [-0.1, -0.05) is 36.4 Å². The van der Waals surface area contributed by atoms with E-state index in [1.807, 2.05) is 24.3 Å². The second-order valence-corrected chi connectivity index (χ2v) is 7.29. The molecule has 30 heavy (non-hydrogen) atoms. The van der Waals surface area contributed by atoms with Gasteiger partial charge < -0.3 is 20.9 Å². The van der Waals surface area contributed by atoms with Crippen LogP contribution in [-0.4, -0.2) is 36.5 Å². The number of benzene rings is 2. The Balaban J connectivity index is 0.00000256. The minimum atomic E-state index is 0. The summed E-state index contributed by atoms with van der Waals surface area (Å²) in [5.41, 5.74) is 4.52. The highest BCUT2D eigenvalue weighted by Crippen LogP contribution is 2.31. The summed E-state index contributed by atoms with van der Waals surface area (Å²) in [5, 5.41) is 10.9. The number of anilines is 1. The number of fused-ring (bicyclic) bond motifs is 2. The fourth-order valence-corrected chi connectivity index (χ4v) is 3.86. The third kappa shape index (κ3) is 5.13. The van der Waals surface area contributed by atoms with Crippen LogP contribution in [0.15, 0.2) is 59.7 Å². The monoisotopic (exact) mass is 517 g/mol. The van der Waals surface area contributed by atoms with Gasteiger partial charge in [-0.2, -0.15) is 0 Å². The molecule has 0 aliphatic carbocycles. The molecule has 1 aromatic heterocycles. The molecule has 7 heteroatoms. The number of carbonyl (C=O) groups is 1. The van der Waals surface area contributed by atoms with E-state index in [0.29, 0.717) is 13.0 Å². The maximum Gasteiger partial charge on any atom is 0.225 e. The van der Waals surface area contributed by atoms with E-state index >= 15 is 0 Å². The largest absolute Gasteiger partial charge is 0.361 e. The number of nitrogens with one attached hydrogen (secondary N) is 4. The van der Waals surface area contributed by atoms with Crippen LogP contribution < -0.4 is 16.0 Å². The molecular weight excluding hydrogens is 489 g/mol. The van der Waals surface area contributed by atoms with Crippen LogP contribution in [0, 0.1) is 0 Å². The Kier molecular flexibility index (Phi) is 7.73. The summed E-state index contributed by atoms with van der Waals surface area (Å²) < 4.78 is 0. The molecule has 4 N–H and O–H groups in total. The van der Waals surface area contributed by atoms with E-state index in [-0.39, 0.29) is 35.8 Å². The first-order valence-corrected chi connectivity index (χ1v) is 10.2. The summed E-state index contributed by atoms with van der Waals surface area (Å²) in [6, 6.07) is 16.3. The van der Waals surface area contributed by atoms with Gasteiger partial charge in [-0.25, -0.2) is 0 Å². The number of para-hydroxylation sites is 2. The molecule has 1 aliphatic rings. The summed E-state index contributed by atoms with van der Waals surface area (Å²) in [5.74, 6) is 0.945. The average Bonchev–Trinajstić information content (AvgIpc) is 3.15. The van der Waals surface area contributed by atoms with Gasteiger partial charge >= 0.3 is 0 Å². The fourth-order valence-electron chi connectivity index (χ4n) is 3.86. The van der Waals surface area contributed by atoms with Crippen molar-refractivity contribution in [2.24, 2.45) is 4.99 Å². The Morgan fingerprint density at radius 2 is 1.93 bits per heavy atom. The van der Waals surface area contributed by atoms with E-state index in [0.717, 1.165) is 42.2 Å². The second-order valence-electron chi connectivity index (χ2n) is 7.29. The van der Waals surface area contributed by atoms with Crippen molar-refractivity contribution in [3.63, 3.8) is 0 Å². The highest BCUT2D eigenvalue weighted by Gasteiger charge is 2.24. The van der Waals surface area contributed by atoms with E-state index in [1.165, 1.54) is 10.9 Å². The van der Waals surface area contributed by atoms with Gasteiger partial charge in [0.25, 0.3) is 0 Å². The highest BCUT2D eigenvalue weighted by molar-refractivity contribution is 14.0. The van der Waals surface area contributed by atoms with Crippen molar-refractivity contribution in [1.82, 2.24) is 15.6 Å². The number of aliphatic imine (C=N–C) groups is 1. The van der Waals surface area contributed by atoms with Crippen molar-refractivity contribution in [2.75, 3.05) is 25.0 Å². The lowest BCUT2D eigenvalue weighted by molar-refractivity contribution is -0.116. The Bertz CT molecular complexity index is 1030. The lowest BCUT2D eigenvalue weighted by Crippen LogP contribution is -2.38. The summed E-state index contributed by atoms with van der Waals surface area (Å²) >= 11 is 0. The summed E-state index contributed by atoms with van der Waals surface area (Å²) in [7, 11) is 0. The first kappa shape index (κ1) is 22.1. The molecule has 158 valence electrons. The number of guanidine groups is 1.